The lowest BCUT2D eigenvalue weighted by atomic mass is 9.69. The summed E-state index contributed by atoms with van der Waals surface area (Å²) in [6.45, 7) is 4.35. The van der Waals surface area contributed by atoms with Crippen LogP contribution in [-0.2, 0) is 0 Å². The highest BCUT2D eigenvalue weighted by atomic mass is 19.1. The molecule has 7 heteroatoms. The number of nitrogens with two attached hydrogens (primary N) is 1. The number of carbonyl (C=O) groups is 1. The van der Waals surface area contributed by atoms with E-state index >= 15 is 0 Å². The van der Waals surface area contributed by atoms with Crippen LogP contribution in [-0.4, -0.2) is 28.3 Å². The molecule has 5 atom stereocenters. The maximum Gasteiger partial charge on any atom is 0.274 e. The number of aromatic nitrogens is 1. The number of benzene rings is 1. The van der Waals surface area contributed by atoms with E-state index in [-0.39, 0.29) is 40.8 Å². The van der Waals surface area contributed by atoms with Gasteiger partial charge in [0.2, 0.25) is 0 Å². The number of rotatable bonds is 4. The van der Waals surface area contributed by atoms with Crippen LogP contribution < -0.4 is 11.1 Å². The van der Waals surface area contributed by atoms with Gasteiger partial charge in [-0.05, 0) is 55.4 Å². The van der Waals surface area contributed by atoms with Crippen LogP contribution in [0.1, 0.15) is 43.6 Å². The van der Waals surface area contributed by atoms with Gasteiger partial charge in [0.15, 0.2) is 0 Å². The summed E-state index contributed by atoms with van der Waals surface area (Å²) >= 11 is 0. The summed E-state index contributed by atoms with van der Waals surface area (Å²) in [5.74, 6) is 0.0986. The van der Waals surface area contributed by atoms with Crippen LogP contribution in [0.2, 0.25) is 0 Å². The number of nitrogens with one attached hydrogen (secondary N) is 1. The zero-order valence-corrected chi connectivity index (χ0v) is 18.3. The van der Waals surface area contributed by atoms with Gasteiger partial charge in [-0.15, -0.1) is 0 Å². The van der Waals surface area contributed by atoms with Crippen molar-refractivity contribution in [1.29, 1.82) is 0 Å². The number of allylic oxidation sites excluding steroid dienone is 1. The molecule has 1 aliphatic heterocycles. The van der Waals surface area contributed by atoms with Crippen LogP contribution in [0.3, 0.4) is 0 Å². The third-order valence-corrected chi connectivity index (χ3v) is 6.45. The molecule has 4 N–H and O–H groups in total. The molecule has 1 amide bonds. The Hall–Kier alpha value is -3.06. The van der Waals surface area contributed by atoms with E-state index in [0.29, 0.717) is 17.5 Å². The lowest BCUT2D eigenvalue weighted by Crippen LogP contribution is -2.41. The van der Waals surface area contributed by atoms with Gasteiger partial charge in [-0.3, -0.25) is 9.79 Å². The van der Waals surface area contributed by atoms with Crippen molar-refractivity contribution in [1.82, 2.24) is 10.3 Å². The number of aliphatic imine (C=N–C) groups is 1. The summed E-state index contributed by atoms with van der Waals surface area (Å²) in [5.41, 5.74) is 7.81. The van der Waals surface area contributed by atoms with Crippen molar-refractivity contribution in [3.8, 4) is 17.0 Å². The smallest absolute Gasteiger partial charge is 0.274 e. The Morgan fingerprint density at radius 1 is 1.19 bits per heavy atom. The Balaban J connectivity index is 1.56. The van der Waals surface area contributed by atoms with Crippen LogP contribution in [0, 0.1) is 29.5 Å². The van der Waals surface area contributed by atoms with Crippen molar-refractivity contribution >= 4 is 12.1 Å². The largest absolute Gasteiger partial charge is 0.508 e. The number of hydrogen-bond acceptors (Lipinski definition) is 5. The molecule has 1 aliphatic carbocycles. The van der Waals surface area contributed by atoms with Crippen LogP contribution in [0.25, 0.3) is 11.3 Å². The standard InChI is InChI=1S/C25H29FN4O2/c1-14-8-16(10-17(27)9-14)24-15(2)12-28-13-23(24)30-25(32)22-5-3-4-21(29-22)19-7-6-18(31)11-20(19)26/h3-7,11-17,24,31H,8-10,27H2,1-2H3,(H,30,32). The number of nitrogens with zero attached hydrogens (tertiary/aromatic N) is 2. The average molecular weight is 437 g/mol. The zero-order chi connectivity index (χ0) is 22.8. The number of aromatic hydroxyl groups is 1. The highest BCUT2D eigenvalue weighted by Crippen LogP contribution is 2.40. The van der Waals surface area contributed by atoms with Crippen molar-refractivity contribution in [3.63, 3.8) is 0 Å². The molecule has 2 aliphatic rings. The number of pyridine rings is 1. The van der Waals surface area contributed by atoms with E-state index < -0.39 is 5.82 Å². The Morgan fingerprint density at radius 2 is 2.00 bits per heavy atom. The molecule has 0 spiro atoms. The summed E-state index contributed by atoms with van der Waals surface area (Å²) in [7, 11) is 0. The number of halogens is 1. The van der Waals surface area contributed by atoms with Gasteiger partial charge in [-0.2, -0.15) is 0 Å². The number of carbonyl (C=O) groups excluding carboxylic acids is 1. The van der Waals surface area contributed by atoms with Gasteiger partial charge in [-0.1, -0.05) is 19.9 Å². The predicted molar refractivity (Wildman–Crippen MR) is 122 cm³/mol. The molecule has 1 aromatic carbocycles. The Morgan fingerprint density at radius 3 is 2.75 bits per heavy atom. The monoisotopic (exact) mass is 436 g/mol. The normalized spacial score (nSPS) is 27.6. The molecule has 2 aromatic rings. The molecule has 5 unspecified atom stereocenters. The number of phenols is 1. The maximum atomic E-state index is 14.3. The molecular formula is C25H29FN4O2. The molecule has 1 saturated carbocycles. The molecule has 6 nitrogen and oxygen atoms in total. The summed E-state index contributed by atoms with van der Waals surface area (Å²) in [6, 6.07) is 8.92. The number of amides is 1. The molecule has 2 heterocycles. The van der Waals surface area contributed by atoms with Crippen molar-refractivity contribution in [2.75, 3.05) is 0 Å². The van der Waals surface area contributed by atoms with Crippen molar-refractivity contribution in [2.24, 2.45) is 34.4 Å². The average Bonchev–Trinajstić information content (AvgIpc) is 2.73. The molecule has 1 fully saturated rings. The minimum Gasteiger partial charge on any atom is -0.508 e. The highest BCUT2D eigenvalue weighted by Gasteiger charge is 2.36. The molecule has 32 heavy (non-hydrogen) atoms. The van der Waals surface area contributed by atoms with E-state index in [9.17, 15) is 14.3 Å². The summed E-state index contributed by atoms with van der Waals surface area (Å²) in [6.07, 6.45) is 6.67. The van der Waals surface area contributed by atoms with Crippen molar-refractivity contribution in [3.05, 3.63) is 59.8 Å². The van der Waals surface area contributed by atoms with Crippen LogP contribution >= 0.6 is 0 Å². The first-order chi connectivity index (χ1) is 15.3. The minimum atomic E-state index is -0.601. The maximum absolute atomic E-state index is 14.3. The first kappa shape index (κ1) is 22.1. The molecule has 4 rings (SSSR count). The SMILES string of the molecule is CC1CC(N)CC(C2C(NC(=O)c3cccc(-c4ccc(O)cc4F)n3)=CN=CC2C)C1. The second-order valence-electron chi connectivity index (χ2n) is 9.13. The second-order valence-corrected chi connectivity index (χ2v) is 9.13. The van der Waals surface area contributed by atoms with Crippen molar-refractivity contribution in [2.45, 2.75) is 39.2 Å². The Kier molecular flexibility index (Phi) is 6.37. The van der Waals surface area contributed by atoms with Gasteiger partial charge in [0.25, 0.3) is 5.91 Å². The fourth-order valence-electron chi connectivity index (χ4n) is 5.14. The lowest BCUT2D eigenvalue weighted by molar-refractivity contribution is 0.0946. The first-order valence-electron chi connectivity index (χ1n) is 11.1. The topological polar surface area (TPSA) is 101 Å². The fourth-order valence-corrected chi connectivity index (χ4v) is 5.14. The molecule has 0 bridgehead atoms. The van der Waals surface area contributed by atoms with Crippen molar-refractivity contribution < 1.29 is 14.3 Å². The minimum absolute atomic E-state index is 0.128. The highest BCUT2D eigenvalue weighted by molar-refractivity contribution is 5.94. The second kappa shape index (κ2) is 9.20. The van der Waals surface area contributed by atoms with Crippen LogP contribution in [0.4, 0.5) is 4.39 Å². The zero-order valence-electron chi connectivity index (χ0n) is 18.3. The lowest BCUT2D eigenvalue weighted by Gasteiger charge is -2.40. The van der Waals surface area contributed by atoms with E-state index in [1.165, 1.54) is 12.1 Å². The molecule has 0 saturated heterocycles. The number of hydrogen-bond donors (Lipinski definition) is 3. The Bertz CT molecular complexity index is 1060. The van der Waals surface area contributed by atoms with E-state index in [1.807, 2.05) is 6.21 Å². The molecular weight excluding hydrogens is 407 g/mol. The van der Waals surface area contributed by atoms with Gasteiger partial charge in [-0.25, -0.2) is 9.37 Å². The summed E-state index contributed by atoms with van der Waals surface area (Å²) in [4.78, 5) is 21.8. The quantitative estimate of drug-likeness (QED) is 0.666. The van der Waals surface area contributed by atoms with Gasteiger partial charge >= 0.3 is 0 Å². The van der Waals surface area contributed by atoms with E-state index in [2.05, 4.69) is 29.1 Å². The summed E-state index contributed by atoms with van der Waals surface area (Å²) < 4.78 is 14.3. The third-order valence-electron chi connectivity index (χ3n) is 6.45. The van der Waals surface area contributed by atoms with E-state index in [1.54, 1.807) is 24.4 Å². The molecule has 168 valence electrons. The van der Waals surface area contributed by atoms with Gasteiger partial charge in [0.1, 0.15) is 17.3 Å². The van der Waals surface area contributed by atoms with Crippen LogP contribution in [0.5, 0.6) is 5.75 Å². The fraction of sp³-hybridized carbons (Fsp3) is 0.400. The van der Waals surface area contributed by atoms with Gasteiger partial charge < -0.3 is 16.2 Å². The Labute approximate surface area is 187 Å². The third kappa shape index (κ3) is 4.72. The van der Waals surface area contributed by atoms with E-state index in [4.69, 9.17) is 5.73 Å². The van der Waals surface area contributed by atoms with Gasteiger partial charge in [0.05, 0.1) is 5.69 Å². The molecule has 0 radical (unpaired) electrons. The molecule has 1 aromatic heterocycles. The summed E-state index contributed by atoms with van der Waals surface area (Å²) in [5, 5.41) is 12.5. The predicted octanol–water partition coefficient (Wildman–Crippen LogP) is 4.26. The first-order valence-corrected chi connectivity index (χ1v) is 11.1. The van der Waals surface area contributed by atoms with Gasteiger partial charge in [0, 0.05) is 47.6 Å². The van der Waals surface area contributed by atoms with Crippen LogP contribution in [0.15, 0.2) is 53.3 Å². The number of phenolic OH excluding ortho intramolecular Hbond substituents is 1. The van der Waals surface area contributed by atoms with E-state index in [0.717, 1.165) is 31.0 Å².